The maximum Gasteiger partial charge on any atom is 0.316 e. The van der Waals surface area contributed by atoms with Gasteiger partial charge in [-0.3, -0.25) is 4.79 Å². The summed E-state index contributed by atoms with van der Waals surface area (Å²) in [5.41, 5.74) is 0.891. The number of benzene rings is 2. The van der Waals surface area contributed by atoms with Gasteiger partial charge in [-0.15, -0.1) is 0 Å². The average molecular weight is 321 g/mol. The van der Waals surface area contributed by atoms with Crippen LogP contribution in [0.3, 0.4) is 0 Å². The Morgan fingerprint density at radius 1 is 1.00 bits per heavy atom. The van der Waals surface area contributed by atoms with Crippen molar-refractivity contribution in [3.8, 4) is 11.5 Å². The van der Waals surface area contributed by atoms with Crippen LogP contribution in [-0.4, -0.2) is 11.3 Å². The van der Waals surface area contributed by atoms with Gasteiger partial charge in [0.15, 0.2) is 0 Å². The van der Waals surface area contributed by atoms with E-state index in [1.807, 2.05) is 54.6 Å². The van der Waals surface area contributed by atoms with Crippen LogP contribution in [0.15, 0.2) is 54.6 Å². The Hall–Kier alpha value is -1.81. The highest BCUT2D eigenvalue weighted by Gasteiger charge is 2.02. The van der Waals surface area contributed by atoms with Crippen molar-refractivity contribution < 1.29 is 14.3 Å². The predicted molar refractivity (Wildman–Crippen MR) is 76.5 cm³/mol. The van der Waals surface area contributed by atoms with Crippen LogP contribution in [0.5, 0.6) is 11.5 Å². The fourth-order valence-corrected chi connectivity index (χ4v) is 1.69. The van der Waals surface area contributed by atoms with Gasteiger partial charge in [-0.25, -0.2) is 0 Å². The molecule has 0 saturated carbocycles. The number of hydrogen-bond acceptors (Lipinski definition) is 3. The molecule has 2 aromatic carbocycles. The Kier molecular flexibility index (Phi) is 4.98. The van der Waals surface area contributed by atoms with Crippen molar-refractivity contribution in [3.05, 3.63) is 60.2 Å². The maximum atomic E-state index is 11.1. The van der Waals surface area contributed by atoms with Crippen LogP contribution in [0.2, 0.25) is 0 Å². The molecule has 3 nitrogen and oxygen atoms in total. The van der Waals surface area contributed by atoms with Crippen molar-refractivity contribution >= 4 is 21.9 Å². The lowest BCUT2D eigenvalue weighted by Crippen LogP contribution is -2.05. The van der Waals surface area contributed by atoms with E-state index in [2.05, 4.69) is 15.9 Å². The summed E-state index contributed by atoms with van der Waals surface area (Å²) in [7, 11) is 0. The van der Waals surface area contributed by atoms with E-state index < -0.39 is 0 Å². The SMILES string of the molecule is O=C(CBr)OCc1cccc(Oc2ccccc2)c1. The van der Waals surface area contributed by atoms with Gasteiger partial charge in [-0.05, 0) is 29.8 Å². The molecule has 0 amide bonds. The number of halogens is 1. The molecule has 0 heterocycles. The number of carbonyl (C=O) groups excluding carboxylic acids is 1. The van der Waals surface area contributed by atoms with Gasteiger partial charge in [0.05, 0.1) is 0 Å². The van der Waals surface area contributed by atoms with E-state index in [0.717, 1.165) is 17.1 Å². The van der Waals surface area contributed by atoms with Gasteiger partial charge >= 0.3 is 5.97 Å². The molecule has 0 N–H and O–H groups in total. The molecule has 0 atom stereocenters. The zero-order valence-corrected chi connectivity index (χ0v) is 11.8. The molecule has 0 aliphatic carbocycles. The van der Waals surface area contributed by atoms with Crippen molar-refractivity contribution in [3.63, 3.8) is 0 Å². The number of hydrogen-bond donors (Lipinski definition) is 0. The summed E-state index contributed by atoms with van der Waals surface area (Å²) in [5, 5.41) is 0.202. The van der Waals surface area contributed by atoms with E-state index in [9.17, 15) is 4.79 Å². The molecule has 0 bridgehead atoms. The maximum absolute atomic E-state index is 11.1. The monoisotopic (exact) mass is 320 g/mol. The molecule has 2 aromatic rings. The second-order valence-corrected chi connectivity index (χ2v) is 4.42. The van der Waals surface area contributed by atoms with E-state index >= 15 is 0 Å². The molecular weight excluding hydrogens is 308 g/mol. The third-order valence-corrected chi connectivity index (χ3v) is 2.84. The van der Waals surface area contributed by atoms with E-state index in [-0.39, 0.29) is 17.9 Å². The highest BCUT2D eigenvalue weighted by atomic mass is 79.9. The Morgan fingerprint density at radius 2 is 1.74 bits per heavy atom. The highest BCUT2D eigenvalue weighted by Crippen LogP contribution is 2.22. The lowest BCUT2D eigenvalue weighted by Gasteiger charge is -2.08. The van der Waals surface area contributed by atoms with Gasteiger partial charge < -0.3 is 9.47 Å². The number of para-hydroxylation sites is 1. The summed E-state index contributed by atoms with van der Waals surface area (Å²) in [5.74, 6) is 1.21. The summed E-state index contributed by atoms with van der Waals surface area (Å²) in [6.07, 6.45) is 0. The molecule has 98 valence electrons. The van der Waals surface area contributed by atoms with E-state index in [0.29, 0.717) is 0 Å². The molecule has 0 aromatic heterocycles. The Balaban J connectivity index is 2.01. The minimum atomic E-state index is -0.283. The smallest absolute Gasteiger partial charge is 0.316 e. The van der Waals surface area contributed by atoms with Crippen molar-refractivity contribution in [1.29, 1.82) is 0 Å². The first-order valence-electron chi connectivity index (χ1n) is 5.81. The number of alkyl halides is 1. The van der Waals surface area contributed by atoms with E-state index in [4.69, 9.17) is 9.47 Å². The fourth-order valence-electron chi connectivity index (χ4n) is 1.53. The van der Waals surface area contributed by atoms with Gasteiger partial charge in [-0.2, -0.15) is 0 Å². The molecule has 19 heavy (non-hydrogen) atoms. The summed E-state index contributed by atoms with van der Waals surface area (Å²) in [6, 6.07) is 17.0. The van der Waals surface area contributed by atoms with Crippen LogP contribution in [0.4, 0.5) is 0 Å². The first kappa shape index (κ1) is 13.6. The molecular formula is C15H13BrO3. The van der Waals surface area contributed by atoms with E-state index in [1.54, 1.807) is 0 Å². The van der Waals surface area contributed by atoms with Gasteiger partial charge in [0.1, 0.15) is 23.4 Å². The Morgan fingerprint density at radius 3 is 2.47 bits per heavy atom. The zero-order chi connectivity index (χ0) is 13.5. The highest BCUT2D eigenvalue weighted by molar-refractivity contribution is 9.09. The molecule has 2 rings (SSSR count). The number of ether oxygens (including phenoxy) is 2. The first-order chi connectivity index (χ1) is 9.28. The lowest BCUT2D eigenvalue weighted by molar-refractivity contribution is -0.141. The summed E-state index contributed by atoms with van der Waals surface area (Å²) in [4.78, 5) is 11.1. The summed E-state index contributed by atoms with van der Waals surface area (Å²) >= 11 is 3.05. The van der Waals surface area contributed by atoms with Crippen LogP contribution < -0.4 is 4.74 Å². The van der Waals surface area contributed by atoms with Gasteiger partial charge in [0, 0.05) is 0 Å². The molecule has 0 spiro atoms. The third-order valence-electron chi connectivity index (χ3n) is 2.39. The second kappa shape index (κ2) is 6.95. The van der Waals surface area contributed by atoms with Crippen LogP contribution in [0, 0.1) is 0 Å². The molecule has 0 unspecified atom stereocenters. The quantitative estimate of drug-likeness (QED) is 0.618. The molecule has 4 heteroatoms. The van der Waals surface area contributed by atoms with Crippen LogP contribution in [0.25, 0.3) is 0 Å². The van der Waals surface area contributed by atoms with Crippen LogP contribution >= 0.6 is 15.9 Å². The number of rotatable bonds is 5. The lowest BCUT2D eigenvalue weighted by atomic mass is 10.2. The minimum Gasteiger partial charge on any atom is -0.460 e. The number of esters is 1. The predicted octanol–water partition coefficient (Wildman–Crippen LogP) is 3.92. The number of carbonyl (C=O) groups is 1. The standard InChI is InChI=1S/C15H13BrO3/c16-10-15(17)18-11-12-5-4-8-14(9-12)19-13-6-2-1-3-7-13/h1-9H,10-11H2. The molecule has 0 aliphatic rings. The minimum absolute atomic E-state index is 0.202. The second-order valence-electron chi connectivity index (χ2n) is 3.86. The van der Waals surface area contributed by atoms with Gasteiger partial charge in [0.2, 0.25) is 0 Å². The van der Waals surface area contributed by atoms with E-state index in [1.165, 1.54) is 0 Å². The van der Waals surface area contributed by atoms with Crippen LogP contribution in [0.1, 0.15) is 5.56 Å². The topological polar surface area (TPSA) is 35.5 Å². The summed E-state index contributed by atoms with van der Waals surface area (Å²) < 4.78 is 10.7. The van der Waals surface area contributed by atoms with Crippen molar-refractivity contribution in [2.24, 2.45) is 0 Å². The largest absolute Gasteiger partial charge is 0.460 e. The van der Waals surface area contributed by atoms with Crippen molar-refractivity contribution in [2.45, 2.75) is 6.61 Å². The Bertz CT molecular complexity index is 540. The molecule has 0 fully saturated rings. The fraction of sp³-hybridized carbons (Fsp3) is 0.133. The average Bonchev–Trinajstić information content (AvgIpc) is 2.46. The molecule has 0 saturated heterocycles. The molecule has 0 radical (unpaired) electrons. The van der Waals surface area contributed by atoms with Crippen molar-refractivity contribution in [1.82, 2.24) is 0 Å². The first-order valence-corrected chi connectivity index (χ1v) is 6.93. The third kappa shape index (κ3) is 4.41. The van der Waals surface area contributed by atoms with Crippen LogP contribution in [-0.2, 0) is 16.1 Å². The van der Waals surface area contributed by atoms with Crippen molar-refractivity contribution in [2.75, 3.05) is 5.33 Å². The van der Waals surface area contributed by atoms with Gasteiger partial charge in [-0.1, -0.05) is 46.3 Å². The summed E-state index contributed by atoms with van der Waals surface area (Å²) in [6.45, 7) is 0.246. The Labute approximate surface area is 120 Å². The normalized spacial score (nSPS) is 9.95. The van der Waals surface area contributed by atoms with Gasteiger partial charge in [0.25, 0.3) is 0 Å². The zero-order valence-electron chi connectivity index (χ0n) is 10.2. The molecule has 0 aliphatic heterocycles.